The van der Waals surface area contributed by atoms with Crippen molar-refractivity contribution in [3.8, 4) is 0 Å². The van der Waals surface area contributed by atoms with Gasteiger partial charge in [-0.1, -0.05) is 0 Å². The highest BCUT2D eigenvalue weighted by Gasteiger charge is 2.22. The zero-order valence-electron chi connectivity index (χ0n) is 13.5. The maximum atomic E-state index is 13.0. The van der Waals surface area contributed by atoms with Gasteiger partial charge < -0.3 is 15.0 Å². The second kappa shape index (κ2) is 7.72. The molecule has 0 atom stereocenters. The molecule has 0 aliphatic carbocycles. The molecule has 1 amide bonds. The van der Waals surface area contributed by atoms with Crippen molar-refractivity contribution in [1.29, 1.82) is 0 Å². The zero-order valence-corrected chi connectivity index (χ0v) is 14.3. The van der Waals surface area contributed by atoms with Crippen LogP contribution in [0.5, 0.6) is 0 Å². The van der Waals surface area contributed by atoms with Crippen molar-refractivity contribution in [2.75, 3.05) is 25.1 Å². The van der Waals surface area contributed by atoms with Crippen molar-refractivity contribution >= 4 is 22.9 Å². The molecule has 1 N–H and O–H groups in total. The Morgan fingerprint density at radius 2 is 2.08 bits per heavy atom. The fourth-order valence-corrected chi connectivity index (χ4v) is 3.54. The maximum Gasteiger partial charge on any atom is 0.270 e. The van der Waals surface area contributed by atoms with E-state index in [1.165, 1.54) is 23.5 Å². The van der Waals surface area contributed by atoms with Crippen LogP contribution in [0.3, 0.4) is 0 Å². The molecule has 2 aromatic rings. The Morgan fingerprint density at radius 3 is 2.75 bits per heavy atom. The van der Waals surface area contributed by atoms with Crippen LogP contribution in [0, 0.1) is 5.82 Å². The van der Waals surface area contributed by atoms with Crippen LogP contribution in [0.1, 0.15) is 28.3 Å². The van der Waals surface area contributed by atoms with Gasteiger partial charge in [0, 0.05) is 37.3 Å². The van der Waals surface area contributed by atoms with E-state index in [0.29, 0.717) is 12.3 Å². The maximum absolute atomic E-state index is 13.0. The summed E-state index contributed by atoms with van der Waals surface area (Å²) < 4.78 is 18.0. The number of nitrogens with one attached hydrogen (secondary N) is 1. The van der Waals surface area contributed by atoms with Gasteiger partial charge in [-0.05, 0) is 37.1 Å². The van der Waals surface area contributed by atoms with Crippen LogP contribution in [-0.2, 0) is 11.3 Å². The molecule has 0 unspecified atom stereocenters. The Kier molecular flexibility index (Phi) is 5.42. The number of anilines is 1. The van der Waals surface area contributed by atoms with Crippen molar-refractivity contribution in [1.82, 2.24) is 10.3 Å². The van der Waals surface area contributed by atoms with Gasteiger partial charge in [-0.15, -0.1) is 11.3 Å². The van der Waals surface area contributed by atoms with Gasteiger partial charge in [0.05, 0.1) is 6.61 Å². The number of thiazole rings is 1. The lowest BCUT2D eigenvalue weighted by atomic mass is 10.0. The molecular formula is C17H20FN3O2S. The Hall–Kier alpha value is -1.99. The highest BCUT2D eigenvalue weighted by atomic mass is 32.1. The van der Waals surface area contributed by atoms with E-state index in [-0.39, 0.29) is 17.8 Å². The van der Waals surface area contributed by atoms with Gasteiger partial charge in [-0.3, -0.25) is 4.79 Å². The topological polar surface area (TPSA) is 54.5 Å². The lowest BCUT2D eigenvalue weighted by Gasteiger charge is -2.33. The number of rotatable bonds is 5. The lowest BCUT2D eigenvalue weighted by molar-refractivity contribution is 0.0926. The highest BCUT2D eigenvalue weighted by molar-refractivity contribution is 7.09. The first-order valence-electron chi connectivity index (χ1n) is 7.90. The number of nitrogens with zero attached hydrogens (tertiary/aromatic N) is 2. The van der Waals surface area contributed by atoms with Crippen molar-refractivity contribution in [3.63, 3.8) is 0 Å². The number of piperidine rings is 1. The minimum Gasteiger partial charge on any atom is -0.378 e. The van der Waals surface area contributed by atoms with Gasteiger partial charge >= 0.3 is 0 Å². The number of ether oxygens (including phenoxy) is 1. The molecule has 1 aliphatic heterocycles. The Morgan fingerprint density at radius 1 is 1.38 bits per heavy atom. The molecule has 7 heteroatoms. The van der Waals surface area contributed by atoms with Crippen LogP contribution >= 0.6 is 11.3 Å². The quantitative estimate of drug-likeness (QED) is 0.902. The number of halogens is 1. The molecule has 24 heavy (non-hydrogen) atoms. The first kappa shape index (κ1) is 16.9. The van der Waals surface area contributed by atoms with E-state index in [1.807, 2.05) is 0 Å². The summed E-state index contributed by atoms with van der Waals surface area (Å²) in [7, 11) is 1.61. The summed E-state index contributed by atoms with van der Waals surface area (Å²) in [5, 5.41) is 5.61. The molecule has 2 heterocycles. The first-order chi connectivity index (χ1) is 11.7. The molecule has 1 aromatic carbocycles. The molecule has 1 fully saturated rings. The molecule has 0 radical (unpaired) electrons. The third-order valence-corrected chi connectivity index (χ3v) is 4.90. The van der Waals surface area contributed by atoms with E-state index in [4.69, 9.17) is 4.74 Å². The SMILES string of the molecule is COCc1nc(C(=O)NC2CCN(c3ccc(F)cc3)CC2)cs1. The number of benzene rings is 1. The molecular weight excluding hydrogens is 329 g/mol. The average Bonchev–Trinajstić information content (AvgIpc) is 3.06. The van der Waals surface area contributed by atoms with E-state index < -0.39 is 0 Å². The number of carbonyl (C=O) groups excluding carboxylic acids is 1. The largest absolute Gasteiger partial charge is 0.378 e. The van der Waals surface area contributed by atoms with Crippen molar-refractivity contribution in [2.24, 2.45) is 0 Å². The summed E-state index contributed by atoms with van der Waals surface area (Å²) >= 11 is 1.43. The number of carbonyl (C=O) groups is 1. The lowest BCUT2D eigenvalue weighted by Crippen LogP contribution is -2.44. The van der Waals surface area contributed by atoms with E-state index in [2.05, 4.69) is 15.2 Å². The molecule has 1 saturated heterocycles. The number of hydrogen-bond acceptors (Lipinski definition) is 5. The third kappa shape index (κ3) is 4.10. The zero-order chi connectivity index (χ0) is 16.9. The first-order valence-corrected chi connectivity index (χ1v) is 8.78. The molecule has 0 bridgehead atoms. The second-order valence-electron chi connectivity index (χ2n) is 5.77. The standard InChI is InChI=1S/C17H20FN3O2S/c1-23-10-16-20-15(11-24-16)17(22)19-13-6-8-21(9-7-13)14-4-2-12(18)3-5-14/h2-5,11,13H,6-10H2,1H3,(H,19,22). The van der Waals surface area contributed by atoms with Crippen LogP contribution in [0.15, 0.2) is 29.6 Å². The Bertz CT molecular complexity index is 681. The number of amides is 1. The van der Waals surface area contributed by atoms with Crippen LogP contribution in [0.2, 0.25) is 0 Å². The summed E-state index contributed by atoms with van der Waals surface area (Å²) in [5.74, 6) is -0.356. The van der Waals surface area contributed by atoms with Crippen LogP contribution in [-0.4, -0.2) is 37.1 Å². The summed E-state index contributed by atoms with van der Waals surface area (Å²) in [6, 6.07) is 6.68. The monoisotopic (exact) mass is 349 g/mol. The van der Waals surface area contributed by atoms with Crippen molar-refractivity contribution < 1.29 is 13.9 Å². The highest BCUT2D eigenvalue weighted by Crippen LogP contribution is 2.20. The Balaban J connectivity index is 1.51. The number of hydrogen-bond donors (Lipinski definition) is 1. The summed E-state index contributed by atoms with van der Waals surface area (Å²) in [5.41, 5.74) is 1.47. The van der Waals surface area contributed by atoms with Gasteiger partial charge in [0.1, 0.15) is 16.5 Å². The summed E-state index contributed by atoms with van der Waals surface area (Å²) in [4.78, 5) is 18.7. The molecule has 1 aliphatic rings. The molecule has 128 valence electrons. The van der Waals surface area contributed by atoms with E-state index in [1.54, 1.807) is 24.6 Å². The van der Waals surface area contributed by atoms with Gasteiger partial charge in [-0.2, -0.15) is 0 Å². The van der Waals surface area contributed by atoms with Gasteiger partial charge in [0.15, 0.2) is 0 Å². The predicted octanol–water partition coefficient (Wildman–Crippen LogP) is 2.83. The van der Waals surface area contributed by atoms with Gasteiger partial charge in [0.2, 0.25) is 0 Å². The van der Waals surface area contributed by atoms with Crippen LogP contribution < -0.4 is 10.2 Å². The number of methoxy groups -OCH3 is 1. The molecule has 1 aromatic heterocycles. The molecule has 3 rings (SSSR count). The van der Waals surface area contributed by atoms with E-state index >= 15 is 0 Å². The smallest absolute Gasteiger partial charge is 0.270 e. The van der Waals surface area contributed by atoms with Gasteiger partial charge in [-0.25, -0.2) is 9.37 Å². The molecule has 0 saturated carbocycles. The minimum atomic E-state index is -0.225. The van der Waals surface area contributed by atoms with E-state index in [9.17, 15) is 9.18 Å². The molecule has 5 nitrogen and oxygen atoms in total. The summed E-state index contributed by atoms with van der Waals surface area (Å²) in [6.45, 7) is 2.10. The second-order valence-corrected chi connectivity index (χ2v) is 6.71. The van der Waals surface area contributed by atoms with Crippen LogP contribution in [0.25, 0.3) is 0 Å². The average molecular weight is 349 g/mol. The van der Waals surface area contributed by atoms with Crippen molar-refractivity contribution in [3.05, 3.63) is 46.2 Å². The van der Waals surface area contributed by atoms with Crippen molar-refractivity contribution in [2.45, 2.75) is 25.5 Å². The number of aromatic nitrogens is 1. The summed E-state index contributed by atoms with van der Waals surface area (Å²) in [6.07, 6.45) is 1.72. The Labute approximate surface area is 144 Å². The van der Waals surface area contributed by atoms with Gasteiger partial charge in [0.25, 0.3) is 5.91 Å². The van der Waals surface area contributed by atoms with E-state index in [0.717, 1.165) is 36.6 Å². The van der Waals surface area contributed by atoms with Crippen LogP contribution in [0.4, 0.5) is 10.1 Å². The predicted molar refractivity (Wildman–Crippen MR) is 91.9 cm³/mol. The fourth-order valence-electron chi connectivity index (χ4n) is 2.80. The third-order valence-electron chi connectivity index (χ3n) is 4.07. The minimum absolute atomic E-state index is 0.131. The molecule has 0 spiro atoms. The normalized spacial score (nSPS) is 15.5. The fraction of sp³-hybridized carbons (Fsp3) is 0.412.